The number of carbonyl (C=O) groups excluding carboxylic acids is 2. The Morgan fingerprint density at radius 2 is 1.77 bits per heavy atom. The number of urea groups is 1. The molecule has 3 amide bonds. The first-order valence-electron chi connectivity index (χ1n) is 10.2. The van der Waals surface area contributed by atoms with Crippen LogP contribution in [0.2, 0.25) is 0 Å². The highest BCUT2D eigenvalue weighted by Gasteiger charge is 2.25. The summed E-state index contributed by atoms with van der Waals surface area (Å²) < 4.78 is 11.0. The molecule has 0 spiro atoms. The molecule has 1 N–H and O–H groups in total. The Morgan fingerprint density at radius 1 is 1.07 bits per heavy atom. The van der Waals surface area contributed by atoms with E-state index in [4.69, 9.17) is 8.83 Å². The standard InChI is InChI=1S/C23H28N2O5/c1-12(2)24-23(28)25(13(3)4)21(26)8-7-16-15(6)18-9-17-14(5)11-29-19(17)10-20(18)30-22(16)27/h9-13H,7-8H2,1-6H3,(H,24,28). The molecule has 0 bridgehead atoms. The summed E-state index contributed by atoms with van der Waals surface area (Å²) in [6.07, 6.45) is 1.90. The van der Waals surface area contributed by atoms with Crippen LogP contribution in [-0.2, 0) is 11.2 Å². The third-order valence-electron chi connectivity index (χ3n) is 5.18. The molecule has 0 unspecified atom stereocenters. The summed E-state index contributed by atoms with van der Waals surface area (Å²) in [5.74, 6) is -0.330. The van der Waals surface area contributed by atoms with Gasteiger partial charge in [-0.05, 0) is 65.2 Å². The number of aryl methyl sites for hydroxylation is 2. The van der Waals surface area contributed by atoms with Crippen molar-refractivity contribution >= 4 is 33.9 Å². The van der Waals surface area contributed by atoms with Crippen LogP contribution in [0.1, 0.15) is 50.8 Å². The second kappa shape index (κ2) is 8.34. The Bertz CT molecular complexity index is 1170. The van der Waals surface area contributed by atoms with E-state index >= 15 is 0 Å². The van der Waals surface area contributed by atoms with Crippen LogP contribution in [0.15, 0.2) is 32.0 Å². The normalized spacial score (nSPS) is 11.6. The maximum atomic E-state index is 12.8. The van der Waals surface area contributed by atoms with E-state index in [9.17, 15) is 14.4 Å². The maximum absolute atomic E-state index is 12.8. The lowest BCUT2D eigenvalue weighted by molar-refractivity contribution is -0.129. The largest absolute Gasteiger partial charge is 0.464 e. The highest BCUT2D eigenvalue weighted by Crippen LogP contribution is 2.29. The Kier molecular flexibility index (Phi) is 6.01. The fraction of sp³-hybridized carbons (Fsp3) is 0.435. The lowest BCUT2D eigenvalue weighted by Gasteiger charge is -2.26. The van der Waals surface area contributed by atoms with Crippen LogP contribution in [0, 0.1) is 13.8 Å². The first-order valence-corrected chi connectivity index (χ1v) is 10.2. The van der Waals surface area contributed by atoms with Gasteiger partial charge in [-0.25, -0.2) is 9.59 Å². The zero-order chi connectivity index (χ0) is 22.2. The molecule has 0 aliphatic heterocycles. The molecule has 3 aromatic rings. The van der Waals surface area contributed by atoms with Gasteiger partial charge >= 0.3 is 11.7 Å². The summed E-state index contributed by atoms with van der Waals surface area (Å²) in [4.78, 5) is 39.0. The SMILES string of the molecule is Cc1coc2cc3oc(=O)c(CCC(=O)N(C(=O)NC(C)C)C(C)C)c(C)c3cc12. The third-order valence-corrected chi connectivity index (χ3v) is 5.18. The summed E-state index contributed by atoms with van der Waals surface area (Å²) in [7, 11) is 0. The van der Waals surface area contributed by atoms with E-state index in [1.54, 1.807) is 26.2 Å². The average molecular weight is 412 g/mol. The molecule has 0 fully saturated rings. The number of nitrogens with one attached hydrogen (secondary N) is 1. The Hall–Kier alpha value is -3.09. The van der Waals surface area contributed by atoms with Gasteiger partial charge < -0.3 is 14.2 Å². The fourth-order valence-corrected chi connectivity index (χ4v) is 3.63. The summed E-state index contributed by atoms with van der Waals surface area (Å²) in [6, 6.07) is 2.87. The van der Waals surface area contributed by atoms with Crippen LogP contribution in [0.5, 0.6) is 0 Å². The number of nitrogens with zero attached hydrogens (tertiary/aromatic N) is 1. The van der Waals surface area contributed by atoms with Crippen LogP contribution in [0.25, 0.3) is 21.9 Å². The zero-order valence-corrected chi connectivity index (χ0v) is 18.3. The molecule has 0 aliphatic carbocycles. The Balaban J connectivity index is 1.90. The van der Waals surface area contributed by atoms with E-state index in [1.165, 1.54) is 4.90 Å². The van der Waals surface area contributed by atoms with Crippen molar-refractivity contribution in [3.05, 3.63) is 45.5 Å². The van der Waals surface area contributed by atoms with Crippen molar-refractivity contribution in [1.29, 1.82) is 0 Å². The van der Waals surface area contributed by atoms with Crippen molar-refractivity contribution < 1.29 is 18.4 Å². The van der Waals surface area contributed by atoms with E-state index in [0.717, 1.165) is 21.9 Å². The van der Waals surface area contributed by atoms with Gasteiger partial charge in [0.15, 0.2) is 0 Å². The molecule has 7 nitrogen and oxygen atoms in total. The number of hydrogen-bond donors (Lipinski definition) is 1. The predicted octanol–water partition coefficient (Wildman–Crippen LogP) is 4.44. The number of hydrogen-bond acceptors (Lipinski definition) is 5. The summed E-state index contributed by atoms with van der Waals surface area (Å²) >= 11 is 0. The lowest BCUT2D eigenvalue weighted by Crippen LogP contribution is -2.49. The van der Waals surface area contributed by atoms with E-state index in [1.807, 2.05) is 33.8 Å². The number of rotatable bonds is 5. The Labute approximate surface area is 175 Å². The van der Waals surface area contributed by atoms with Gasteiger partial charge in [0.05, 0.1) is 6.26 Å². The van der Waals surface area contributed by atoms with E-state index < -0.39 is 11.7 Å². The number of furan rings is 1. The highest BCUT2D eigenvalue weighted by atomic mass is 16.4. The molecule has 2 heterocycles. The van der Waals surface area contributed by atoms with E-state index in [0.29, 0.717) is 16.7 Å². The van der Waals surface area contributed by atoms with Crippen molar-refractivity contribution in [2.45, 2.75) is 66.5 Å². The van der Waals surface area contributed by atoms with Crippen molar-refractivity contribution in [2.75, 3.05) is 0 Å². The second-order valence-corrected chi connectivity index (χ2v) is 8.22. The molecular weight excluding hydrogens is 384 g/mol. The molecule has 160 valence electrons. The van der Waals surface area contributed by atoms with Gasteiger partial charge in [-0.3, -0.25) is 9.69 Å². The van der Waals surface area contributed by atoms with Crippen molar-refractivity contribution in [3.8, 4) is 0 Å². The number of fused-ring (bicyclic) bond motifs is 2. The van der Waals surface area contributed by atoms with E-state index in [-0.39, 0.29) is 30.8 Å². The molecule has 1 aromatic carbocycles. The molecule has 0 atom stereocenters. The van der Waals surface area contributed by atoms with Crippen LogP contribution in [0.4, 0.5) is 4.79 Å². The third kappa shape index (κ3) is 4.10. The topological polar surface area (TPSA) is 92.8 Å². The van der Waals surface area contributed by atoms with Gasteiger partial charge in [0.2, 0.25) is 5.91 Å². The van der Waals surface area contributed by atoms with E-state index in [2.05, 4.69) is 5.32 Å². The smallest absolute Gasteiger partial charge is 0.339 e. The Morgan fingerprint density at radius 3 is 2.40 bits per heavy atom. The first kappa shape index (κ1) is 21.6. The molecule has 0 saturated heterocycles. The minimum absolute atomic E-state index is 0.0355. The monoisotopic (exact) mass is 412 g/mol. The highest BCUT2D eigenvalue weighted by molar-refractivity contribution is 5.97. The first-order chi connectivity index (χ1) is 14.1. The van der Waals surface area contributed by atoms with Gasteiger partial charge in [-0.15, -0.1) is 0 Å². The van der Waals surface area contributed by atoms with Crippen LogP contribution in [-0.4, -0.2) is 28.9 Å². The van der Waals surface area contributed by atoms with Crippen LogP contribution < -0.4 is 10.9 Å². The number of benzene rings is 1. The fourth-order valence-electron chi connectivity index (χ4n) is 3.63. The molecule has 2 aromatic heterocycles. The average Bonchev–Trinajstić information content (AvgIpc) is 2.99. The predicted molar refractivity (Wildman–Crippen MR) is 116 cm³/mol. The number of amides is 3. The van der Waals surface area contributed by atoms with Crippen molar-refractivity contribution in [3.63, 3.8) is 0 Å². The molecule has 3 rings (SSSR count). The van der Waals surface area contributed by atoms with Gasteiger partial charge in [-0.1, -0.05) is 0 Å². The molecular formula is C23H28N2O5. The summed E-state index contributed by atoms with van der Waals surface area (Å²) in [6.45, 7) is 11.0. The van der Waals surface area contributed by atoms with Gasteiger partial charge in [0.25, 0.3) is 0 Å². The number of imide groups is 1. The quantitative estimate of drug-likeness (QED) is 0.625. The summed E-state index contributed by atoms with van der Waals surface area (Å²) in [5.41, 5.74) is 2.86. The van der Waals surface area contributed by atoms with Crippen LogP contribution in [0.3, 0.4) is 0 Å². The molecule has 30 heavy (non-hydrogen) atoms. The van der Waals surface area contributed by atoms with Crippen molar-refractivity contribution in [2.24, 2.45) is 0 Å². The second-order valence-electron chi connectivity index (χ2n) is 8.22. The van der Waals surface area contributed by atoms with Crippen molar-refractivity contribution in [1.82, 2.24) is 10.2 Å². The lowest BCUT2D eigenvalue weighted by atomic mass is 10.0. The molecule has 0 radical (unpaired) electrons. The molecule has 0 aliphatic rings. The van der Waals surface area contributed by atoms with Gasteiger partial charge in [0, 0.05) is 40.9 Å². The molecule has 0 saturated carbocycles. The summed E-state index contributed by atoms with van der Waals surface area (Å²) in [5, 5.41) is 4.52. The zero-order valence-electron chi connectivity index (χ0n) is 18.3. The molecule has 7 heteroatoms. The minimum atomic E-state index is -0.474. The van der Waals surface area contributed by atoms with Gasteiger partial charge in [-0.2, -0.15) is 0 Å². The van der Waals surface area contributed by atoms with Gasteiger partial charge in [0.1, 0.15) is 11.2 Å². The minimum Gasteiger partial charge on any atom is -0.464 e. The number of carbonyl (C=O) groups is 2. The van der Waals surface area contributed by atoms with Crippen LogP contribution >= 0.6 is 0 Å². The maximum Gasteiger partial charge on any atom is 0.339 e.